The maximum atomic E-state index is 12.5. The molecule has 2 aliphatic rings. The number of aryl methyl sites for hydroxylation is 2. The van der Waals surface area contributed by atoms with Crippen LogP contribution in [0.3, 0.4) is 0 Å². The van der Waals surface area contributed by atoms with Crippen LogP contribution in [0, 0.1) is 0 Å². The predicted molar refractivity (Wildman–Crippen MR) is 104 cm³/mol. The number of carbonyl (C=O) groups is 2. The Bertz CT molecular complexity index is 1030. The number of hydrogen-bond donors (Lipinski definition) is 1. The van der Waals surface area contributed by atoms with Crippen LogP contribution in [-0.2, 0) is 35.9 Å². The van der Waals surface area contributed by atoms with Gasteiger partial charge in [0.05, 0.1) is 32.0 Å². The van der Waals surface area contributed by atoms with E-state index in [1.807, 2.05) is 0 Å². The van der Waals surface area contributed by atoms with Gasteiger partial charge >= 0.3 is 12.4 Å². The molecule has 0 spiro atoms. The predicted octanol–water partition coefficient (Wildman–Crippen LogP) is 2.31. The fourth-order valence-electron chi connectivity index (χ4n) is 2.48. The molecule has 0 aromatic carbocycles. The highest BCUT2D eigenvalue weighted by Gasteiger charge is 2.40. The van der Waals surface area contributed by atoms with Crippen LogP contribution in [0.2, 0.25) is 5.15 Å². The molecule has 4 heterocycles. The van der Waals surface area contributed by atoms with Gasteiger partial charge in [0.25, 0.3) is 0 Å². The molecule has 4 rings (SSSR count). The lowest BCUT2D eigenvalue weighted by Gasteiger charge is -2.26. The van der Waals surface area contributed by atoms with Crippen molar-refractivity contribution in [1.29, 1.82) is 0 Å². The lowest BCUT2D eigenvalue weighted by atomic mass is 10.2. The van der Waals surface area contributed by atoms with Crippen LogP contribution in [-0.4, -0.2) is 75.9 Å². The summed E-state index contributed by atoms with van der Waals surface area (Å²) in [6, 6.07) is 0. The van der Waals surface area contributed by atoms with E-state index in [4.69, 9.17) is 26.2 Å². The van der Waals surface area contributed by atoms with Gasteiger partial charge in [0.15, 0.2) is 24.0 Å². The van der Waals surface area contributed by atoms with Crippen LogP contribution in [0.1, 0.15) is 32.1 Å². The van der Waals surface area contributed by atoms with E-state index in [0.717, 1.165) is 9.36 Å². The highest BCUT2D eigenvalue weighted by atomic mass is 35.5. The van der Waals surface area contributed by atoms with Gasteiger partial charge in [0.1, 0.15) is 22.9 Å². The Kier molecular flexibility index (Phi) is 9.27. The first-order chi connectivity index (χ1) is 16.2. The Balaban J connectivity index is 0.000000211. The van der Waals surface area contributed by atoms with E-state index in [0.29, 0.717) is 26.4 Å². The van der Waals surface area contributed by atoms with E-state index in [1.165, 1.54) is 14.1 Å². The van der Waals surface area contributed by atoms with Crippen molar-refractivity contribution in [3.63, 3.8) is 0 Å². The van der Waals surface area contributed by atoms with Crippen molar-refractivity contribution in [2.75, 3.05) is 26.4 Å². The number of hydrogen-bond acceptors (Lipinski definition) is 8. The summed E-state index contributed by atoms with van der Waals surface area (Å²) in [5, 5.41) is 14.3. The van der Waals surface area contributed by atoms with Crippen LogP contribution in [0.15, 0.2) is 0 Å². The summed E-state index contributed by atoms with van der Waals surface area (Å²) in [7, 11) is 2.52. The molecule has 2 fully saturated rings. The van der Waals surface area contributed by atoms with Crippen molar-refractivity contribution in [1.82, 2.24) is 19.6 Å². The standard InChI is InChI=1S/C9H9F3N2O3.C6H4ClF3N2O.C3H6O2/c1-14-8(17-5-3-16-4-5)6(2-15)7(13-14)9(10,11)12;1-12-5(7)3(2-13)4(11-12)6(8,9)10;4-3-1-5-2-3/h2,5H,3-4H2,1H3;2H,1H3;3-4H,1-2H2. The molecule has 0 amide bonds. The second-order valence-corrected chi connectivity index (χ2v) is 7.43. The number of carbonyl (C=O) groups excluding carboxylic acids is 2. The number of nitrogens with zero attached hydrogens (tertiary/aromatic N) is 4. The number of aromatic nitrogens is 4. The van der Waals surface area contributed by atoms with Crippen LogP contribution >= 0.6 is 11.6 Å². The molecule has 2 aromatic rings. The molecule has 0 bridgehead atoms. The third kappa shape index (κ3) is 7.16. The summed E-state index contributed by atoms with van der Waals surface area (Å²) in [4.78, 5) is 21.0. The lowest BCUT2D eigenvalue weighted by molar-refractivity contribution is -0.142. The van der Waals surface area contributed by atoms with E-state index in [-0.39, 0.29) is 35.8 Å². The average Bonchev–Trinajstić information content (AvgIpc) is 3.19. The SMILES string of the molecule is Cn1nc(C(F)(F)F)c(C=O)c1Cl.Cn1nc(C(F)(F)F)c(C=O)c1OC1COC1.OC1COC1. The number of ether oxygens (including phenoxy) is 3. The van der Waals surface area contributed by atoms with Crippen molar-refractivity contribution >= 4 is 24.2 Å². The van der Waals surface area contributed by atoms with Crippen LogP contribution in [0.25, 0.3) is 0 Å². The molecule has 2 saturated heterocycles. The van der Waals surface area contributed by atoms with Gasteiger partial charge in [-0.25, -0.2) is 4.68 Å². The molecule has 2 aliphatic heterocycles. The topological polar surface area (TPSA) is 118 Å². The molecule has 0 aliphatic carbocycles. The first-order valence-electron chi connectivity index (χ1n) is 9.55. The summed E-state index contributed by atoms with van der Waals surface area (Å²) in [5.41, 5.74) is -3.69. The summed E-state index contributed by atoms with van der Waals surface area (Å²) < 4.78 is 90.4. The maximum Gasteiger partial charge on any atom is 0.436 e. The lowest BCUT2D eigenvalue weighted by Crippen LogP contribution is -2.39. The molecule has 1 N–H and O–H groups in total. The highest BCUT2D eigenvalue weighted by Crippen LogP contribution is 2.35. The smallest absolute Gasteiger partial charge is 0.436 e. The Morgan fingerprint density at radius 3 is 1.66 bits per heavy atom. The van der Waals surface area contributed by atoms with Gasteiger partial charge in [-0.05, 0) is 0 Å². The molecule has 0 unspecified atom stereocenters. The number of rotatable bonds is 4. The second-order valence-electron chi connectivity index (χ2n) is 7.07. The van der Waals surface area contributed by atoms with Gasteiger partial charge in [-0.2, -0.15) is 36.5 Å². The molecule has 196 valence electrons. The van der Waals surface area contributed by atoms with E-state index >= 15 is 0 Å². The molecule has 2 aromatic heterocycles. The molecular weight excluding hydrogens is 518 g/mol. The second kappa shape index (κ2) is 11.4. The molecular formula is C18H19ClF6N4O6. The van der Waals surface area contributed by atoms with Crippen molar-refractivity contribution < 1.29 is 55.2 Å². The largest absolute Gasteiger partial charge is 0.469 e. The minimum Gasteiger partial charge on any atom is -0.469 e. The van der Waals surface area contributed by atoms with Crippen molar-refractivity contribution in [2.45, 2.75) is 24.6 Å². The zero-order chi connectivity index (χ0) is 26.6. The Morgan fingerprint density at radius 2 is 1.34 bits per heavy atom. The van der Waals surface area contributed by atoms with Crippen LogP contribution in [0.5, 0.6) is 5.88 Å². The highest BCUT2D eigenvalue weighted by molar-refractivity contribution is 6.32. The molecule has 0 atom stereocenters. The van der Waals surface area contributed by atoms with Crippen LogP contribution in [0.4, 0.5) is 26.3 Å². The third-order valence-electron chi connectivity index (χ3n) is 4.32. The van der Waals surface area contributed by atoms with Gasteiger partial charge in [-0.1, -0.05) is 11.6 Å². The zero-order valence-electron chi connectivity index (χ0n) is 18.1. The molecule has 17 heteroatoms. The molecule has 35 heavy (non-hydrogen) atoms. The van der Waals surface area contributed by atoms with E-state index in [2.05, 4.69) is 14.9 Å². The summed E-state index contributed by atoms with van der Waals surface area (Å²) in [6.07, 6.45) is -9.67. The Hall–Kier alpha value is -2.69. The first-order valence-corrected chi connectivity index (χ1v) is 9.92. The van der Waals surface area contributed by atoms with Gasteiger partial charge < -0.3 is 19.3 Å². The Labute approximate surface area is 198 Å². The monoisotopic (exact) mass is 536 g/mol. The van der Waals surface area contributed by atoms with Crippen molar-refractivity contribution in [2.24, 2.45) is 14.1 Å². The fourth-order valence-corrected chi connectivity index (χ4v) is 2.65. The number of aliphatic hydroxyl groups excluding tert-OH is 1. The minimum atomic E-state index is -4.67. The summed E-state index contributed by atoms with van der Waals surface area (Å²) >= 11 is 5.39. The molecule has 0 radical (unpaired) electrons. The van der Waals surface area contributed by atoms with Crippen LogP contribution < -0.4 is 4.74 Å². The Morgan fingerprint density at radius 1 is 0.914 bits per heavy atom. The van der Waals surface area contributed by atoms with Crippen molar-refractivity contribution in [3.8, 4) is 5.88 Å². The zero-order valence-corrected chi connectivity index (χ0v) is 18.8. The summed E-state index contributed by atoms with van der Waals surface area (Å²) in [6.45, 7) is 1.68. The third-order valence-corrected chi connectivity index (χ3v) is 4.77. The number of aliphatic hydroxyl groups is 1. The molecule has 10 nitrogen and oxygen atoms in total. The number of alkyl halides is 6. The van der Waals surface area contributed by atoms with Gasteiger partial charge in [-0.3, -0.25) is 14.3 Å². The maximum absolute atomic E-state index is 12.5. The average molecular weight is 537 g/mol. The number of halogens is 7. The summed E-state index contributed by atoms with van der Waals surface area (Å²) in [5.74, 6) is -0.180. The van der Waals surface area contributed by atoms with Crippen molar-refractivity contribution in [3.05, 3.63) is 27.7 Å². The molecule has 0 saturated carbocycles. The van der Waals surface area contributed by atoms with Gasteiger partial charge in [-0.15, -0.1) is 0 Å². The fraction of sp³-hybridized carbons (Fsp3) is 0.556. The quantitative estimate of drug-likeness (QED) is 0.467. The minimum absolute atomic E-state index is 0.0398. The van der Waals surface area contributed by atoms with E-state index in [1.54, 1.807) is 0 Å². The normalized spacial score (nSPS) is 16.2. The van der Waals surface area contributed by atoms with E-state index in [9.17, 15) is 35.9 Å². The van der Waals surface area contributed by atoms with E-state index < -0.39 is 34.9 Å². The first kappa shape index (κ1) is 28.5. The van der Waals surface area contributed by atoms with Gasteiger partial charge in [0.2, 0.25) is 5.88 Å². The van der Waals surface area contributed by atoms with Gasteiger partial charge in [0, 0.05) is 14.1 Å². The number of aldehydes is 2.